The largest absolute Gasteiger partial charge is 0.463 e. The van der Waals surface area contributed by atoms with Crippen molar-refractivity contribution in [3.63, 3.8) is 0 Å². The summed E-state index contributed by atoms with van der Waals surface area (Å²) >= 11 is 0. The van der Waals surface area contributed by atoms with Crippen molar-refractivity contribution in [2.24, 2.45) is 17.8 Å². The van der Waals surface area contributed by atoms with Crippen molar-refractivity contribution in [1.29, 1.82) is 0 Å². The molecule has 0 aromatic carbocycles. The molecule has 2 heterocycles. The lowest BCUT2D eigenvalue weighted by Gasteiger charge is -2.18. The van der Waals surface area contributed by atoms with Crippen LogP contribution in [0.3, 0.4) is 0 Å². The van der Waals surface area contributed by atoms with Gasteiger partial charge in [0.05, 0.1) is 6.26 Å². The van der Waals surface area contributed by atoms with E-state index < -0.39 is 0 Å². The maximum absolute atomic E-state index is 12.2. The standard InChI is InChI=1S/C18H19N3O3/c22-17(19-10-14-9-12-3-4-13(14)8-12)11-21-18(23)6-5-15(20-21)16-2-1-7-24-16/h1-7,12-14H,8-11H2,(H,19,22)/t12-,13+,14-/m0/s1. The fraction of sp³-hybridized carbons (Fsp3) is 0.389. The van der Waals surface area contributed by atoms with E-state index in [2.05, 4.69) is 22.6 Å². The van der Waals surface area contributed by atoms with Crippen LogP contribution in [0.1, 0.15) is 12.8 Å². The molecule has 1 N–H and O–H groups in total. The van der Waals surface area contributed by atoms with Crippen LogP contribution in [-0.4, -0.2) is 22.2 Å². The highest BCUT2D eigenvalue weighted by atomic mass is 16.3. The minimum absolute atomic E-state index is 0.0793. The van der Waals surface area contributed by atoms with Crippen molar-refractivity contribution >= 4 is 5.91 Å². The van der Waals surface area contributed by atoms with E-state index in [0.29, 0.717) is 35.8 Å². The number of aromatic nitrogens is 2. The molecular formula is C18H19N3O3. The van der Waals surface area contributed by atoms with E-state index in [1.165, 1.54) is 17.2 Å². The molecule has 0 aliphatic heterocycles. The first-order valence-corrected chi connectivity index (χ1v) is 8.26. The highest BCUT2D eigenvalue weighted by Crippen LogP contribution is 2.42. The fourth-order valence-corrected chi connectivity index (χ4v) is 3.68. The zero-order valence-corrected chi connectivity index (χ0v) is 13.2. The molecule has 1 saturated carbocycles. The fourth-order valence-electron chi connectivity index (χ4n) is 3.68. The Kier molecular flexibility index (Phi) is 3.80. The van der Waals surface area contributed by atoms with Crippen molar-refractivity contribution in [3.05, 3.63) is 53.0 Å². The van der Waals surface area contributed by atoms with Crippen LogP contribution >= 0.6 is 0 Å². The molecule has 0 unspecified atom stereocenters. The maximum atomic E-state index is 12.2. The van der Waals surface area contributed by atoms with Crippen molar-refractivity contribution in [2.45, 2.75) is 19.4 Å². The number of fused-ring (bicyclic) bond motifs is 2. The van der Waals surface area contributed by atoms with Gasteiger partial charge in [-0.2, -0.15) is 5.10 Å². The quantitative estimate of drug-likeness (QED) is 0.851. The third kappa shape index (κ3) is 2.91. The number of nitrogens with one attached hydrogen (secondary N) is 1. The van der Waals surface area contributed by atoms with E-state index in [-0.39, 0.29) is 18.0 Å². The SMILES string of the molecule is O=C(Cn1nc(-c2ccco2)ccc1=O)NC[C@@H]1C[C@H]2C=C[C@@H]1C2. The lowest BCUT2D eigenvalue weighted by molar-refractivity contribution is -0.122. The van der Waals surface area contributed by atoms with Gasteiger partial charge in [-0.25, -0.2) is 4.68 Å². The molecule has 3 atom stereocenters. The van der Waals surface area contributed by atoms with Crippen LogP contribution in [0.2, 0.25) is 0 Å². The monoisotopic (exact) mass is 325 g/mol. The Bertz CT molecular complexity index is 822. The molecule has 0 radical (unpaired) electrons. The number of furan rings is 1. The second-order valence-corrected chi connectivity index (χ2v) is 6.54. The summed E-state index contributed by atoms with van der Waals surface area (Å²) in [5, 5.41) is 7.15. The van der Waals surface area contributed by atoms with Crippen LogP contribution in [0.25, 0.3) is 11.5 Å². The van der Waals surface area contributed by atoms with Gasteiger partial charge in [0.15, 0.2) is 5.76 Å². The molecule has 2 aromatic rings. The summed E-state index contributed by atoms with van der Waals surface area (Å²) in [6.45, 7) is 0.584. The van der Waals surface area contributed by atoms with E-state index in [1.54, 1.807) is 24.5 Å². The number of allylic oxidation sites excluding steroid dienone is 2. The number of amides is 1. The van der Waals surface area contributed by atoms with Gasteiger partial charge < -0.3 is 9.73 Å². The first-order valence-electron chi connectivity index (χ1n) is 8.26. The Balaban J connectivity index is 1.39. The third-order valence-corrected chi connectivity index (χ3v) is 4.91. The predicted octanol–water partition coefficient (Wildman–Crippen LogP) is 1.83. The lowest BCUT2D eigenvalue weighted by Crippen LogP contribution is -2.36. The van der Waals surface area contributed by atoms with E-state index in [1.807, 2.05) is 0 Å². The molecule has 1 fully saturated rings. The molecule has 4 rings (SSSR count). The van der Waals surface area contributed by atoms with Crippen LogP contribution in [0.15, 0.2) is 51.9 Å². The molecule has 24 heavy (non-hydrogen) atoms. The number of nitrogens with zero attached hydrogens (tertiary/aromatic N) is 2. The second kappa shape index (κ2) is 6.11. The van der Waals surface area contributed by atoms with Gasteiger partial charge in [-0.05, 0) is 48.8 Å². The first-order chi connectivity index (χ1) is 11.7. The van der Waals surface area contributed by atoms with E-state index >= 15 is 0 Å². The predicted molar refractivity (Wildman–Crippen MR) is 88.1 cm³/mol. The molecule has 6 nitrogen and oxygen atoms in total. The smallest absolute Gasteiger partial charge is 0.267 e. The summed E-state index contributed by atoms with van der Waals surface area (Å²) in [6, 6.07) is 6.51. The third-order valence-electron chi connectivity index (χ3n) is 4.91. The molecular weight excluding hydrogens is 306 g/mol. The van der Waals surface area contributed by atoms with Gasteiger partial charge in [0.1, 0.15) is 12.2 Å². The van der Waals surface area contributed by atoms with Gasteiger partial charge in [-0.3, -0.25) is 9.59 Å². The topological polar surface area (TPSA) is 77.1 Å². The summed E-state index contributed by atoms with van der Waals surface area (Å²) in [6.07, 6.45) is 8.46. The number of hydrogen-bond acceptors (Lipinski definition) is 4. The van der Waals surface area contributed by atoms with Crippen LogP contribution < -0.4 is 10.9 Å². The molecule has 2 aliphatic carbocycles. The molecule has 2 aliphatic rings. The van der Waals surface area contributed by atoms with Crippen LogP contribution in [0, 0.1) is 17.8 Å². The lowest BCUT2D eigenvalue weighted by atomic mass is 9.94. The highest BCUT2D eigenvalue weighted by molar-refractivity contribution is 5.75. The molecule has 0 spiro atoms. The summed E-state index contributed by atoms with van der Waals surface area (Å²) in [5.74, 6) is 2.18. The summed E-state index contributed by atoms with van der Waals surface area (Å²) in [4.78, 5) is 24.1. The molecule has 1 amide bonds. The molecule has 0 saturated heterocycles. The first kappa shape index (κ1) is 14.9. The maximum Gasteiger partial charge on any atom is 0.267 e. The van der Waals surface area contributed by atoms with Crippen molar-refractivity contribution in [1.82, 2.24) is 15.1 Å². The van der Waals surface area contributed by atoms with Gasteiger partial charge >= 0.3 is 0 Å². The average molecular weight is 325 g/mol. The minimum atomic E-state index is -0.302. The normalized spacial score (nSPS) is 24.4. The van der Waals surface area contributed by atoms with Crippen molar-refractivity contribution in [2.75, 3.05) is 6.54 Å². The van der Waals surface area contributed by atoms with Crippen molar-refractivity contribution in [3.8, 4) is 11.5 Å². The molecule has 2 aromatic heterocycles. The van der Waals surface area contributed by atoms with Gasteiger partial charge in [-0.15, -0.1) is 0 Å². The number of carbonyl (C=O) groups is 1. The zero-order chi connectivity index (χ0) is 16.5. The zero-order valence-electron chi connectivity index (χ0n) is 13.2. The average Bonchev–Trinajstić information content (AvgIpc) is 3.32. The number of rotatable bonds is 5. The van der Waals surface area contributed by atoms with Crippen LogP contribution in [-0.2, 0) is 11.3 Å². The molecule has 6 heteroatoms. The van der Waals surface area contributed by atoms with Crippen molar-refractivity contribution < 1.29 is 9.21 Å². The highest BCUT2D eigenvalue weighted by Gasteiger charge is 2.35. The van der Waals surface area contributed by atoms with E-state index in [4.69, 9.17) is 4.42 Å². The van der Waals surface area contributed by atoms with Gasteiger partial charge in [0, 0.05) is 12.6 Å². The van der Waals surface area contributed by atoms with Gasteiger partial charge in [0.2, 0.25) is 5.91 Å². The van der Waals surface area contributed by atoms with Gasteiger partial charge in [0.25, 0.3) is 5.56 Å². The van der Waals surface area contributed by atoms with E-state index in [9.17, 15) is 9.59 Å². The minimum Gasteiger partial charge on any atom is -0.463 e. The Hall–Kier alpha value is -2.63. The van der Waals surface area contributed by atoms with Gasteiger partial charge in [-0.1, -0.05) is 12.2 Å². The Morgan fingerprint density at radius 3 is 2.92 bits per heavy atom. The van der Waals surface area contributed by atoms with Crippen LogP contribution in [0.5, 0.6) is 0 Å². The van der Waals surface area contributed by atoms with Crippen LogP contribution in [0.4, 0.5) is 0 Å². The summed E-state index contributed by atoms with van der Waals surface area (Å²) < 4.78 is 6.45. The Labute approximate surface area is 139 Å². The second-order valence-electron chi connectivity index (χ2n) is 6.54. The molecule has 2 bridgehead atoms. The number of carbonyl (C=O) groups excluding carboxylic acids is 1. The Morgan fingerprint density at radius 1 is 1.29 bits per heavy atom. The van der Waals surface area contributed by atoms with E-state index in [0.717, 1.165) is 6.42 Å². The number of hydrogen-bond donors (Lipinski definition) is 1. The Morgan fingerprint density at radius 2 is 2.21 bits per heavy atom. The molecule has 124 valence electrons. The summed E-state index contributed by atoms with van der Waals surface area (Å²) in [7, 11) is 0. The summed E-state index contributed by atoms with van der Waals surface area (Å²) in [5.41, 5.74) is 0.231.